The molecule has 96 valence electrons. The van der Waals surface area contributed by atoms with Crippen LogP contribution in [0.5, 0.6) is 0 Å². The van der Waals surface area contributed by atoms with Crippen molar-refractivity contribution in [1.82, 2.24) is 19.9 Å². The molecule has 0 aliphatic carbocycles. The summed E-state index contributed by atoms with van der Waals surface area (Å²) in [6, 6.07) is 0.268. The van der Waals surface area contributed by atoms with Crippen LogP contribution in [-0.4, -0.2) is 53.1 Å². The maximum atomic E-state index is 5.78. The Labute approximate surface area is 112 Å². The summed E-state index contributed by atoms with van der Waals surface area (Å²) in [4.78, 5) is 16.1. The molecule has 0 amide bonds. The second-order valence-electron chi connectivity index (χ2n) is 4.07. The molecule has 0 bridgehead atoms. The average Bonchev–Trinajstić information content (AvgIpc) is 2.15. The minimum absolute atomic E-state index is 0.121. The molecular weight excluding hydrogens is 261 g/mol. The molecule has 1 atom stereocenters. The van der Waals surface area contributed by atoms with Gasteiger partial charge in [0.15, 0.2) is 0 Å². The smallest absolute Gasteiger partial charge is 0.231 e. The van der Waals surface area contributed by atoms with Gasteiger partial charge in [-0.2, -0.15) is 15.0 Å². The highest BCUT2D eigenvalue weighted by molar-refractivity contribution is 6.31. The van der Waals surface area contributed by atoms with Gasteiger partial charge in [-0.15, -0.1) is 0 Å². The van der Waals surface area contributed by atoms with Crippen molar-refractivity contribution >= 4 is 29.2 Å². The second-order valence-corrected chi connectivity index (χ2v) is 4.75. The minimum atomic E-state index is 0.121. The first kappa shape index (κ1) is 14.4. The van der Waals surface area contributed by atoms with Gasteiger partial charge in [0, 0.05) is 19.1 Å². The number of anilines is 1. The molecule has 0 radical (unpaired) electrons. The predicted molar refractivity (Wildman–Crippen MR) is 70.9 cm³/mol. The molecule has 17 heavy (non-hydrogen) atoms. The lowest BCUT2D eigenvalue weighted by molar-refractivity contribution is 0.371. The van der Waals surface area contributed by atoms with E-state index in [9.17, 15) is 0 Å². The molecule has 1 unspecified atom stereocenters. The zero-order chi connectivity index (χ0) is 13.0. The second kappa shape index (κ2) is 6.33. The number of hydrogen-bond donors (Lipinski definition) is 0. The van der Waals surface area contributed by atoms with Gasteiger partial charge in [-0.25, -0.2) is 0 Å². The summed E-state index contributed by atoms with van der Waals surface area (Å²) in [5.74, 6) is 0.520. The highest BCUT2D eigenvalue weighted by Gasteiger charge is 2.17. The first-order valence-corrected chi connectivity index (χ1v) is 6.18. The normalized spacial score (nSPS) is 12.9. The Balaban J connectivity index is 2.92. The van der Waals surface area contributed by atoms with E-state index in [1.54, 1.807) is 0 Å². The molecule has 0 aliphatic rings. The first-order chi connectivity index (χ1) is 7.93. The molecule has 1 rings (SSSR count). The van der Waals surface area contributed by atoms with Gasteiger partial charge in [-0.1, -0.05) is 0 Å². The van der Waals surface area contributed by atoms with Crippen LogP contribution in [0.1, 0.15) is 13.8 Å². The Morgan fingerprint density at radius 3 is 2.06 bits per heavy atom. The summed E-state index contributed by atoms with van der Waals surface area (Å²) in [7, 11) is 4.05. The molecule has 7 heteroatoms. The summed E-state index contributed by atoms with van der Waals surface area (Å²) in [5, 5.41) is 0.242. The number of hydrogen-bond acceptors (Lipinski definition) is 5. The Hall–Kier alpha value is -0.650. The van der Waals surface area contributed by atoms with Crippen molar-refractivity contribution in [2.24, 2.45) is 0 Å². The number of likely N-dealkylation sites (N-methyl/N-ethyl adjacent to an activating group) is 2. The van der Waals surface area contributed by atoms with Crippen LogP contribution in [0.25, 0.3) is 0 Å². The lowest BCUT2D eigenvalue weighted by Gasteiger charge is -2.29. The maximum absolute atomic E-state index is 5.78. The van der Waals surface area contributed by atoms with Crippen LogP contribution in [0.15, 0.2) is 0 Å². The molecule has 0 saturated carbocycles. The third-order valence-electron chi connectivity index (χ3n) is 2.33. The van der Waals surface area contributed by atoms with Gasteiger partial charge in [0.2, 0.25) is 16.5 Å². The topological polar surface area (TPSA) is 45.2 Å². The van der Waals surface area contributed by atoms with Crippen LogP contribution >= 0.6 is 23.2 Å². The quantitative estimate of drug-likeness (QED) is 0.823. The third-order valence-corrected chi connectivity index (χ3v) is 2.67. The summed E-state index contributed by atoms with van der Waals surface area (Å²) in [5.41, 5.74) is 0. The van der Waals surface area contributed by atoms with Gasteiger partial charge in [0.05, 0.1) is 0 Å². The number of rotatable bonds is 5. The fourth-order valence-corrected chi connectivity index (χ4v) is 2.08. The van der Waals surface area contributed by atoms with Crippen molar-refractivity contribution < 1.29 is 0 Å². The van der Waals surface area contributed by atoms with Crippen LogP contribution in [0.4, 0.5) is 5.95 Å². The standard InChI is InChI=1S/C10H17Cl2N5/c1-5-17(7(2)6-16(3)4)10-14-8(11)13-9(12)15-10/h7H,5-6H2,1-4H3. The molecule has 0 aromatic carbocycles. The van der Waals surface area contributed by atoms with Crippen molar-refractivity contribution in [3.05, 3.63) is 10.6 Å². The number of halogens is 2. The van der Waals surface area contributed by atoms with Crippen LogP contribution in [0, 0.1) is 0 Å². The van der Waals surface area contributed by atoms with Crippen LogP contribution in [-0.2, 0) is 0 Å². The zero-order valence-electron chi connectivity index (χ0n) is 10.5. The van der Waals surface area contributed by atoms with Crippen LogP contribution in [0.3, 0.4) is 0 Å². The highest BCUT2D eigenvalue weighted by atomic mass is 35.5. The molecule has 0 saturated heterocycles. The van der Waals surface area contributed by atoms with E-state index in [2.05, 4.69) is 26.8 Å². The minimum Gasteiger partial charge on any atom is -0.337 e. The van der Waals surface area contributed by atoms with Gasteiger partial charge in [-0.3, -0.25) is 0 Å². The SMILES string of the molecule is CCN(c1nc(Cl)nc(Cl)n1)C(C)CN(C)C. The van der Waals surface area contributed by atoms with Crippen molar-refractivity contribution in [3.63, 3.8) is 0 Å². The summed E-state index contributed by atoms with van der Waals surface area (Å²) in [6.45, 7) is 5.83. The average molecular weight is 278 g/mol. The molecule has 1 aromatic heterocycles. The lowest BCUT2D eigenvalue weighted by atomic mass is 10.3. The fraction of sp³-hybridized carbons (Fsp3) is 0.700. The lowest BCUT2D eigenvalue weighted by Crippen LogP contribution is -2.41. The number of aromatic nitrogens is 3. The van der Waals surface area contributed by atoms with Gasteiger partial charge < -0.3 is 9.80 Å². The van der Waals surface area contributed by atoms with E-state index in [0.29, 0.717) is 5.95 Å². The molecular formula is C10H17Cl2N5. The van der Waals surface area contributed by atoms with E-state index in [-0.39, 0.29) is 16.6 Å². The zero-order valence-corrected chi connectivity index (χ0v) is 12.0. The Morgan fingerprint density at radius 1 is 1.12 bits per heavy atom. The number of nitrogens with zero attached hydrogens (tertiary/aromatic N) is 5. The van der Waals surface area contributed by atoms with Crippen LogP contribution in [0.2, 0.25) is 10.6 Å². The van der Waals surface area contributed by atoms with Crippen molar-refractivity contribution in [2.45, 2.75) is 19.9 Å². The Morgan fingerprint density at radius 2 is 1.65 bits per heavy atom. The van der Waals surface area contributed by atoms with Crippen molar-refractivity contribution in [2.75, 3.05) is 32.1 Å². The largest absolute Gasteiger partial charge is 0.337 e. The van der Waals surface area contributed by atoms with E-state index >= 15 is 0 Å². The fourth-order valence-electron chi connectivity index (χ4n) is 1.72. The van der Waals surface area contributed by atoms with Gasteiger partial charge in [0.1, 0.15) is 0 Å². The van der Waals surface area contributed by atoms with Gasteiger partial charge >= 0.3 is 0 Å². The molecule has 1 heterocycles. The summed E-state index contributed by atoms with van der Waals surface area (Å²) < 4.78 is 0. The molecule has 0 aliphatic heterocycles. The van der Waals surface area contributed by atoms with E-state index in [0.717, 1.165) is 13.1 Å². The summed E-state index contributed by atoms with van der Waals surface area (Å²) in [6.07, 6.45) is 0. The van der Waals surface area contributed by atoms with E-state index in [1.807, 2.05) is 25.9 Å². The van der Waals surface area contributed by atoms with Gasteiger partial charge in [0.25, 0.3) is 0 Å². The highest BCUT2D eigenvalue weighted by Crippen LogP contribution is 2.16. The molecule has 5 nitrogen and oxygen atoms in total. The van der Waals surface area contributed by atoms with Crippen molar-refractivity contribution in [3.8, 4) is 0 Å². The summed E-state index contributed by atoms with van der Waals surface area (Å²) >= 11 is 11.6. The first-order valence-electron chi connectivity index (χ1n) is 5.42. The third kappa shape index (κ3) is 4.26. The molecule has 0 N–H and O–H groups in total. The molecule has 1 aromatic rings. The Kier molecular flexibility index (Phi) is 5.36. The predicted octanol–water partition coefficient (Wildman–Crippen LogP) is 1.95. The van der Waals surface area contributed by atoms with E-state index < -0.39 is 0 Å². The van der Waals surface area contributed by atoms with E-state index in [1.165, 1.54) is 0 Å². The molecule has 0 spiro atoms. The monoisotopic (exact) mass is 277 g/mol. The van der Waals surface area contributed by atoms with Crippen LogP contribution < -0.4 is 4.90 Å². The van der Waals surface area contributed by atoms with Crippen molar-refractivity contribution in [1.29, 1.82) is 0 Å². The van der Waals surface area contributed by atoms with Gasteiger partial charge in [-0.05, 0) is 51.1 Å². The Bertz CT molecular complexity index is 351. The molecule has 0 fully saturated rings. The van der Waals surface area contributed by atoms with E-state index in [4.69, 9.17) is 23.2 Å². The maximum Gasteiger partial charge on any atom is 0.231 e.